The number of nitrogens with two attached hydrogens (primary N) is 1. The Bertz CT molecular complexity index is 438. The molecule has 2 rings (SSSR count). The number of amides is 1. The van der Waals surface area contributed by atoms with Crippen LogP contribution in [0.4, 0.5) is 5.69 Å². The minimum Gasteiger partial charge on any atom is -0.330 e. The predicted octanol–water partition coefficient (Wildman–Crippen LogP) is 0.900. The summed E-state index contributed by atoms with van der Waals surface area (Å²) in [6, 6.07) is 7.90. The van der Waals surface area contributed by atoms with E-state index in [1.54, 1.807) is 0 Å². The van der Waals surface area contributed by atoms with E-state index in [4.69, 9.17) is 5.73 Å². The Morgan fingerprint density at radius 1 is 1.14 bits per heavy atom. The summed E-state index contributed by atoms with van der Waals surface area (Å²) in [5, 5.41) is 2.95. The molecule has 1 aromatic carbocycles. The Balaban J connectivity index is 1.70. The fourth-order valence-electron chi connectivity index (χ4n) is 2.53. The van der Waals surface area contributed by atoms with Gasteiger partial charge in [-0.25, -0.2) is 0 Å². The number of carbonyl (C=O) groups excluding carboxylic acids is 1. The van der Waals surface area contributed by atoms with Crippen molar-refractivity contribution in [1.29, 1.82) is 0 Å². The van der Waals surface area contributed by atoms with Crippen LogP contribution in [0.15, 0.2) is 24.3 Å². The molecule has 3 N–H and O–H groups in total. The minimum absolute atomic E-state index is 0.0641. The molecule has 5 heteroatoms. The topological polar surface area (TPSA) is 61.6 Å². The van der Waals surface area contributed by atoms with Gasteiger partial charge in [0.05, 0.1) is 6.54 Å². The van der Waals surface area contributed by atoms with E-state index in [1.165, 1.54) is 5.56 Å². The number of carbonyl (C=O) groups is 1. The molecule has 0 saturated carbocycles. The van der Waals surface area contributed by atoms with Crippen LogP contribution in [0.2, 0.25) is 0 Å². The van der Waals surface area contributed by atoms with Gasteiger partial charge in [-0.1, -0.05) is 17.7 Å². The van der Waals surface area contributed by atoms with Gasteiger partial charge in [-0.05, 0) is 38.6 Å². The van der Waals surface area contributed by atoms with Crippen molar-refractivity contribution in [3.63, 3.8) is 0 Å². The molecule has 1 aliphatic rings. The first-order chi connectivity index (χ1) is 10.2. The van der Waals surface area contributed by atoms with Crippen LogP contribution >= 0.6 is 0 Å². The van der Waals surface area contributed by atoms with Gasteiger partial charge in [0.25, 0.3) is 0 Å². The minimum atomic E-state index is 0.0641. The Morgan fingerprint density at radius 3 is 2.38 bits per heavy atom. The van der Waals surface area contributed by atoms with Crippen molar-refractivity contribution >= 4 is 11.6 Å². The molecule has 1 aromatic rings. The standard InChI is InChI=1S/C16H26N4O/c1-14-3-5-15(6-4-14)18-16(21)13-20-11-9-19(10-12-20)8-2-7-17/h3-6H,2,7-13,17H2,1H3,(H,18,21). The van der Waals surface area contributed by atoms with Crippen molar-refractivity contribution < 1.29 is 4.79 Å². The molecule has 0 radical (unpaired) electrons. The molecule has 1 aliphatic heterocycles. The maximum absolute atomic E-state index is 12.0. The number of rotatable bonds is 6. The van der Waals surface area contributed by atoms with Crippen LogP contribution in [-0.2, 0) is 4.79 Å². The van der Waals surface area contributed by atoms with Crippen molar-refractivity contribution in [2.45, 2.75) is 13.3 Å². The molecule has 1 saturated heterocycles. The molecule has 1 amide bonds. The molecule has 116 valence electrons. The molecule has 0 aliphatic carbocycles. The first-order valence-corrected chi connectivity index (χ1v) is 7.68. The van der Waals surface area contributed by atoms with Gasteiger partial charge in [-0.2, -0.15) is 0 Å². The summed E-state index contributed by atoms with van der Waals surface area (Å²) in [6.07, 6.45) is 1.05. The van der Waals surface area contributed by atoms with E-state index in [-0.39, 0.29) is 5.91 Å². The SMILES string of the molecule is Cc1ccc(NC(=O)CN2CCN(CCCN)CC2)cc1. The van der Waals surface area contributed by atoms with E-state index in [0.29, 0.717) is 6.54 Å². The number of hydrogen-bond donors (Lipinski definition) is 2. The maximum Gasteiger partial charge on any atom is 0.238 e. The van der Waals surface area contributed by atoms with Crippen LogP contribution in [0.5, 0.6) is 0 Å². The lowest BCUT2D eigenvalue weighted by Gasteiger charge is -2.34. The second-order valence-electron chi connectivity index (χ2n) is 5.67. The largest absolute Gasteiger partial charge is 0.330 e. The molecule has 0 bridgehead atoms. The van der Waals surface area contributed by atoms with Gasteiger partial charge in [0.1, 0.15) is 0 Å². The first-order valence-electron chi connectivity index (χ1n) is 7.68. The third kappa shape index (κ3) is 5.46. The smallest absolute Gasteiger partial charge is 0.238 e. The van der Waals surface area contributed by atoms with E-state index in [0.717, 1.165) is 51.4 Å². The zero-order valence-corrected chi connectivity index (χ0v) is 12.8. The van der Waals surface area contributed by atoms with Crippen LogP contribution in [0.3, 0.4) is 0 Å². The summed E-state index contributed by atoms with van der Waals surface area (Å²) in [5.74, 6) is 0.0641. The second-order valence-corrected chi connectivity index (χ2v) is 5.67. The van der Waals surface area contributed by atoms with Gasteiger partial charge in [0.15, 0.2) is 0 Å². The second kappa shape index (κ2) is 8.12. The van der Waals surface area contributed by atoms with Gasteiger partial charge >= 0.3 is 0 Å². The van der Waals surface area contributed by atoms with E-state index in [9.17, 15) is 4.79 Å². The Kier molecular flexibility index (Phi) is 6.17. The van der Waals surface area contributed by atoms with Crippen molar-refractivity contribution in [1.82, 2.24) is 9.80 Å². The van der Waals surface area contributed by atoms with E-state index in [1.807, 2.05) is 31.2 Å². The number of nitrogens with zero attached hydrogens (tertiary/aromatic N) is 2. The van der Waals surface area contributed by atoms with Gasteiger partial charge in [-0.15, -0.1) is 0 Å². The van der Waals surface area contributed by atoms with Gasteiger partial charge in [0.2, 0.25) is 5.91 Å². The highest BCUT2D eigenvalue weighted by molar-refractivity contribution is 5.92. The summed E-state index contributed by atoms with van der Waals surface area (Å²) in [4.78, 5) is 16.7. The average Bonchev–Trinajstić information content (AvgIpc) is 2.49. The third-order valence-electron chi connectivity index (χ3n) is 3.85. The number of benzene rings is 1. The van der Waals surface area contributed by atoms with Crippen LogP contribution in [-0.4, -0.2) is 61.5 Å². The maximum atomic E-state index is 12.0. The highest BCUT2D eigenvalue weighted by Crippen LogP contribution is 2.09. The zero-order chi connectivity index (χ0) is 15.1. The first kappa shape index (κ1) is 15.9. The van der Waals surface area contributed by atoms with Crippen LogP contribution in [0.1, 0.15) is 12.0 Å². The molecule has 0 spiro atoms. The number of nitrogens with one attached hydrogen (secondary N) is 1. The molecule has 5 nitrogen and oxygen atoms in total. The summed E-state index contributed by atoms with van der Waals surface area (Å²) >= 11 is 0. The third-order valence-corrected chi connectivity index (χ3v) is 3.85. The lowest BCUT2D eigenvalue weighted by molar-refractivity contribution is -0.117. The normalized spacial score (nSPS) is 16.9. The van der Waals surface area contributed by atoms with Gasteiger partial charge < -0.3 is 16.0 Å². The molecule has 0 atom stereocenters. The number of hydrogen-bond acceptors (Lipinski definition) is 4. The highest BCUT2D eigenvalue weighted by Gasteiger charge is 2.18. The van der Waals surface area contributed by atoms with Crippen molar-refractivity contribution in [3.05, 3.63) is 29.8 Å². The van der Waals surface area contributed by atoms with Gasteiger partial charge in [-0.3, -0.25) is 9.69 Å². The van der Waals surface area contributed by atoms with Crippen LogP contribution in [0.25, 0.3) is 0 Å². The summed E-state index contributed by atoms with van der Waals surface area (Å²) in [5.41, 5.74) is 7.60. The average molecular weight is 290 g/mol. The number of anilines is 1. The zero-order valence-electron chi connectivity index (χ0n) is 12.8. The van der Waals surface area contributed by atoms with Crippen LogP contribution < -0.4 is 11.1 Å². The van der Waals surface area contributed by atoms with Crippen molar-refractivity contribution in [2.24, 2.45) is 5.73 Å². The quantitative estimate of drug-likeness (QED) is 0.817. The molecule has 0 aromatic heterocycles. The lowest BCUT2D eigenvalue weighted by atomic mass is 10.2. The van der Waals surface area contributed by atoms with Crippen molar-refractivity contribution in [2.75, 3.05) is 51.1 Å². The number of piperazine rings is 1. The predicted molar refractivity (Wildman–Crippen MR) is 86.4 cm³/mol. The molecular weight excluding hydrogens is 264 g/mol. The molecule has 1 fully saturated rings. The number of aryl methyl sites for hydroxylation is 1. The molecular formula is C16H26N4O. The van der Waals surface area contributed by atoms with Crippen molar-refractivity contribution in [3.8, 4) is 0 Å². The van der Waals surface area contributed by atoms with E-state index >= 15 is 0 Å². The lowest BCUT2D eigenvalue weighted by Crippen LogP contribution is -2.48. The fraction of sp³-hybridized carbons (Fsp3) is 0.562. The Hall–Kier alpha value is -1.43. The van der Waals surface area contributed by atoms with E-state index in [2.05, 4.69) is 15.1 Å². The monoisotopic (exact) mass is 290 g/mol. The summed E-state index contributed by atoms with van der Waals surface area (Å²) < 4.78 is 0. The summed E-state index contributed by atoms with van der Waals surface area (Å²) in [7, 11) is 0. The van der Waals surface area contributed by atoms with Gasteiger partial charge in [0, 0.05) is 31.9 Å². The highest BCUT2D eigenvalue weighted by atomic mass is 16.2. The Morgan fingerprint density at radius 2 is 1.76 bits per heavy atom. The summed E-state index contributed by atoms with van der Waals surface area (Å²) in [6.45, 7) is 8.28. The molecule has 0 unspecified atom stereocenters. The molecule has 21 heavy (non-hydrogen) atoms. The van der Waals surface area contributed by atoms with E-state index < -0.39 is 0 Å². The fourth-order valence-corrected chi connectivity index (χ4v) is 2.53. The Labute approximate surface area is 127 Å². The molecule has 1 heterocycles. The van der Waals surface area contributed by atoms with Crippen LogP contribution in [0, 0.1) is 6.92 Å².